The summed E-state index contributed by atoms with van der Waals surface area (Å²) in [5.74, 6) is 1.42. The van der Waals surface area contributed by atoms with Gasteiger partial charge in [-0.25, -0.2) is 0 Å². The molecule has 0 spiro atoms. The van der Waals surface area contributed by atoms with Crippen molar-refractivity contribution in [2.24, 2.45) is 5.92 Å². The maximum atomic E-state index is 12.5. The fraction of sp³-hybridized carbons (Fsp3) is 0.412. The van der Waals surface area contributed by atoms with Gasteiger partial charge in [-0.05, 0) is 31.2 Å². The lowest BCUT2D eigenvalue weighted by atomic mass is 9.93. The van der Waals surface area contributed by atoms with Crippen LogP contribution in [0.15, 0.2) is 40.9 Å². The molecule has 21 heavy (non-hydrogen) atoms. The van der Waals surface area contributed by atoms with Crippen LogP contribution in [0.4, 0.5) is 0 Å². The lowest BCUT2D eigenvalue weighted by Crippen LogP contribution is -2.32. The molecule has 3 rings (SSSR count). The molecule has 4 nitrogen and oxygen atoms in total. The fourth-order valence-electron chi connectivity index (χ4n) is 2.69. The number of benzene rings is 1. The van der Waals surface area contributed by atoms with Crippen molar-refractivity contribution < 1.29 is 9.32 Å². The minimum Gasteiger partial charge on any atom is -0.361 e. The first-order chi connectivity index (χ1) is 10.2. The molecule has 2 aromatic rings. The van der Waals surface area contributed by atoms with E-state index >= 15 is 0 Å². The lowest BCUT2D eigenvalue weighted by molar-refractivity contribution is -0.123. The monoisotopic (exact) mass is 284 g/mol. The van der Waals surface area contributed by atoms with E-state index in [2.05, 4.69) is 10.5 Å². The number of nitrogens with zero attached hydrogens (tertiary/aromatic N) is 1. The van der Waals surface area contributed by atoms with E-state index in [-0.39, 0.29) is 11.8 Å². The highest BCUT2D eigenvalue weighted by Gasteiger charge is 2.36. The molecule has 0 saturated heterocycles. The van der Waals surface area contributed by atoms with E-state index in [1.807, 2.05) is 43.3 Å². The number of rotatable bonds is 6. The van der Waals surface area contributed by atoms with Crippen LogP contribution in [0.3, 0.4) is 0 Å². The predicted molar refractivity (Wildman–Crippen MR) is 79.9 cm³/mol. The molecule has 0 radical (unpaired) electrons. The van der Waals surface area contributed by atoms with E-state index in [1.54, 1.807) is 0 Å². The Bertz CT molecular complexity index is 602. The van der Waals surface area contributed by atoms with Crippen molar-refractivity contribution in [2.45, 2.75) is 32.1 Å². The van der Waals surface area contributed by atoms with Gasteiger partial charge in [0.15, 0.2) is 0 Å². The summed E-state index contributed by atoms with van der Waals surface area (Å²) in [5, 5.41) is 6.98. The van der Waals surface area contributed by atoms with Gasteiger partial charge in [0.05, 0.1) is 11.6 Å². The van der Waals surface area contributed by atoms with Crippen LogP contribution in [0.25, 0.3) is 0 Å². The van der Waals surface area contributed by atoms with Gasteiger partial charge in [-0.3, -0.25) is 4.79 Å². The largest absolute Gasteiger partial charge is 0.361 e. The highest BCUT2D eigenvalue weighted by Crippen LogP contribution is 2.42. The van der Waals surface area contributed by atoms with E-state index < -0.39 is 0 Å². The van der Waals surface area contributed by atoms with Gasteiger partial charge in [0.1, 0.15) is 5.76 Å². The van der Waals surface area contributed by atoms with Crippen LogP contribution in [0.1, 0.15) is 35.8 Å². The van der Waals surface area contributed by atoms with E-state index in [9.17, 15) is 4.79 Å². The molecule has 1 fully saturated rings. The molecule has 1 aromatic carbocycles. The number of aromatic nitrogens is 1. The molecule has 110 valence electrons. The van der Waals surface area contributed by atoms with E-state index in [0.29, 0.717) is 18.9 Å². The number of aryl methyl sites for hydroxylation is 1. The topological polar surface area (TPSA) is 55.1 Å². The molecule has 1 aromatic heterocycles. The maximum Gasteiger partial charge on any atom is 0.227 e. The van der Waals surface area contributed by atoms with Gasteiger partial charge < -0.3 is 9.84 Å². The Morgan fingerprint density at radius 2 is 2.14 bits per heavy atom. The first kappa shape index (κ1) is 13.9. The molecule has 1 heterocycles. The Labute approximate surface area is 124 Å². The average Bonchev–Trinajstić information content (AvgIpc) is 3.23. The molecule has 1 atom stereocenters. The van der Waals surface area contributed by atoms with Crippen LogP contribution in [0, 0.1) is 12.8 Å². The van der Waals surface area contributed by atoms with Crippen molar-refractivity contribution >= 4 is 5.91 Å². The summed E-state index contributed by atoms with van der Waals surface area (Å²) in [6, 6.07) is 12.0. The summed E-state index contributed by atoms with van der Waals surface area (Å²) in [7, 11) is 0. The van der Waals surface area contributed by atoms with Gasteiger partial charge in [-0.1, -0.05) is 35.5 Å². The summed E-state index contributed by atoms with van der Waals surface area (Å²) in [4.78, 5) is 12.5. The van der Waals surface area contributed by atoms with Gasteiger partial charge >= 0.3 is 0 Å². The van der Waals surface area contributed by atoms with Crippen molar-refractivity contribution in [3.05, 3.63) is 53.4 Å². The third-order valence-electron chi connectivity index (χ3n) is 3.89. The standard InChI is InChI=1S/C17H20N2O2/c1-12-11-15(19-21-12)9-10-18-17(20)16(14-7-8-14)13-5-3-2-4-6-13/h2-6,11,14,16H,7-10H2,1H3,(H,18,20). The Hall–Kier alpha value is -2.10. The number of nitrogens with one attached hydrogen (secondary N) is 1. The molecule has 0 bridgehead atoms. The Morgan fingerprint density at radius 1 is 1.38 bits per heavy atom. The van der Waals surface area contributed by atoms with Gasteiger partial charge in [0.2, 0.25) is 5.91 Å². The number of carbonyl (C=O) groups is 1. The second-order valence-electron chi connectivity index (χ2n) is 5.70. The molecular formula is C17H20N2O2. The summed E-state index contributed by atoms with van der Waals surface area (Å²) < 4.78 is 5.02. The normalized spacial score (nSPS) is 15.7. The van der Waals surface area contributed by atoms with Crippen molar-refractivity contribution in [3.63, 3.8) is 0 Å². The maximum absolute atomic E-state index is 12.5. The average molecular weight is 284 g/mol. The number of carbonyl (C=O) groups excluding carboxylic acids is 1. The summed E-state index contributed by atoms with van der Waals surface area (Å²) >= 11 is 0. The lowest BCUT2D eigenvalue weighted by Gasteiger charge is -2.16. The van der Waals surface area contributed by atoms with Crippen LogP contribution >= 0.6 is 0 Å². The second kappa shape index (κ2) is 6.12. The Balaban J connectivity index is 1.57. The minimum atomic E-state index is -0.00903. The fourth-order valence-corrected chi connectivity index (χ4v) is 2.69. The number of hydrogen-bond acceptors (Lipinski definition) is 3. The zero-order valence-electron chi connectivity index (χ0n) is 12.2. The van der Waals surface area contributed by atoms with Crippen molar-refractivity contribution in [2.75, 3.05) is 6.54 Å². The summed E-state index contributed by atoms with van der Waals surface area (Å²) in [6.45, 7) is 2.47. The van der Waals surface area contributed by atoms with Crippen molar-refractivity contribution in [1.29, 1.82) is 0 Å². The third-order valence-corrected chi connectivity index (χ3v) is 3.89. The van der Waals surface area contributed by atoms with Gasteiger partial charge in [0, 0.05) is 19.0 Å². The van der Waals surface area contributed by atoms with Crippen LogP contribution < -0.4 is 5.32 Å². The second-order valence-corrected chi connectivity index (χ2v) is 5.70. The molecule has 1 amide bonds. The molecule has 1 saturated carbocycles. The van der Waals surface area contributed by atoms with Crippen molar-refractivity contribution in [1.82, 2.24) is 10.5 Å². The van der Waals surface area contributed by atoms with E-state index in [4.69, 9.17) is 4.52 Å². The Morgan fingerprint density at radius 3 is 2.76 bits per heavy atom. The molecule has 1 aliphatic carbocycles. The molecule has 1 unspecified atom stereocenters. The number of amides is 1. The number of hydrogen-bond donors (Lipinski definition) is 1. The zero-order valence-corrected chi connectivity index (χ0v) is 12.2. The van der Waals surface area contributed by atoms with Crippen LogP contribution in [-0.2, 0) is 11.2 Å². The van der Waals surface area contributed by atoms with E-state index in [0.717, 1.165) is 29.9 Å². The summed E-state index contributed by atoms with van der Waals surface area (Å²) in [6.07, 6.45) is 3.00. The molecule has 4 heteroatoms. The first-order valence-electron chi connectivity index (χ1n) is 7.49. The predicted octanol–water partition coefficient (Wildman–Crippen LogP) is 2.84. The quantitative estimate of drug-likeness (QED) is 0.887. The third kappa shape index (κ3) is 3.51. The first-order valence-corrected chi connectivity index (χ1v) is 7.49. The SMILES string of the molecule is Cc1cc(CCNC(=O)C(c2ccccc2)C2CC2)no1. The zero-order chi connectivity index (χ0) is 14.7. The van der Waals surface area contributed by atoms with Gasteiger partial charge in [0.25, 0.3) is 0 Å². The summed E-state index contributed by atoms with van der Waals surface area (Å²) in [5.41, 5.74) is 2.00. The van der Waals surface area contributed by atoms with Crippen LogP contribution in [0.2, 0.25) is 0 Å². The van der Waals surface area contributed by atoms with Gasteiger partial charge in [-0.2, -0.15) is 0 Å². The Kier molecular flexibility index (Phi) is 4.04. The molecule has 0 aliphatic heterocycles. The highest BCUT2D eigenvalue weighted by atomic mass is 16.5. The van der Waals surface area contributed by atoms with E-state index in [1.165, 1.54) is 0 Å². The molecule has 1 N–H and O–H groups in total. The van der Waals surface area contributed by atoms with Crippen molar-refractivity contribution in [3.8, 4) is 0 Å². The van der Waals surface area contributed by atoms with Gasteiger partial charge in [-0.15, -0.1) is 0 Å². The smallest absolute Gasteiger partial charge is 0.227 e. The minimum absolute atomic E-state index is 0.00903. The molecule has 1 aliphatic rings. The molecular weight excluding hydrogens is 264 g/mol. The highest BCUT2D eigenvalue weighted by molar-refractivity contribution is 5.84. The van der Waals surface area contributed by atoms with Crippen LogP contribution in [0.5, 0.6) is 0 Å². The van der Waals surface area contributed by atoms with Crippen LogP contribution in [-0.4, -0.2) is 17.6 Å².